The van der Waals surface area contributed by atoms with E-state index in [0.29, 0.717) is 11.1 Å². The van der Waals surface area contributed by atoms with Gasteiger partial charge in [0.05, 0.1) is 15.5 Å². The molecule has 7 heteroatoms. The van der Waals surface area contributed by atoms with Gasteiger partial charge in [-0.05, 0) is 23.8 Å². The summed E-state index contributed by atoms with van der Waals surface area (Å²) < 4.78 is 25.9. The number of hydrogen-bond acceptors (Lipinski definition) is 3. The van der Waals surface area contributed by atoms with Crippen molar-refractivity contribution in [3.8, 4) is 11.1 Å². The standard InChI is InChI=1S/C15H14ClNO4S/c1-17(2)22(20,21)14-6-4-3-5-11(14)10-7-8-13(16)12(9-10)15(18)19/h3-9H,1-2H3,(H,18,19). The van der Waals surface area contributed by atoms with Crippen molar-refractivity contribution < 1.29 is 18.3 Å². The Bertz CT molecular complexity index is 831. The summed E-state index contributed by atoms with van der Waals surface area (Å²) in [6, 6.07) is 10.8. The van der Waals surface area contributed by atoms with Crippen molar-refractivity contribution >= 4 is 27.6 Å². The lowest BCUT2D eigenvalue weighted by Gasteiger charge is -2.15. The molecular weight excluding hydrogens is 326 g/mol. The minimum atomic E-state index is -3.65. The van der Waals surface area contributed by atoms with Crippen LogP contribution in [0, 0.1) is 0 Å². The highest BCUT2D eigenvalue weighted by Gasteiger charge is 2.22. The molecule has 0 unspecified atom stereocenters. The Labute approximate surface area is 133 Å². The Balaban J connectivity index is 2.70. The number of sulfonamides is 1. The van der Waals surface area contributed by atoms with E-state index >= 15 is 0 Å². The number of hydrogen-bond donors (Lipinski definition) is 1. The molecule has 0 atom stereocenters. The molecule has 2 aromatic carbocycles. The second kappa shape index (κ2) is 6.08. The van der Waals surface area contributed by atoms with Gasteiger partial charge in [0.15, 0.2) is 0 Å². The molecule has 2 aromatic rings. The minimum absolute atomic E-state index is 0.0729. The van der Waals surface area contributed by atoms with Crippen molar-refractivity contribution in [3.05, 3.63) is 53.1 Å². The second-order valence-electron chi connectivity index (χ2n) is 4.78. The Kier molecular flexibility index (Phi) is 4.55. The summed E-state index contributed by atoms with van der Waals surface area (Å²) in [5.74, 6) is -1.17. The van der Waals surface area contributed by atoms with Gasteiger partial charge in [-0.3, -0.25) is 0 Å². The van der Waals surface area contributed by atoms with Gasteiger partial charge in [-0.1, -0.05) is 35.9 Å². The minimum Gasteiger partial charge on any atom is -0.478 e. The molecule has 0 fully saturated rings. The van der Waals surface area contributed by atoms with E-state index in [9.17, 15) is 13.2 Å². The van der Waals surface area contributed by atoms with Crippen LogP contribution < -0.4 is 0 Å². The van der Waals surface area contributed by atoms with Gasteiger partial charge in [0.2, 0.25) is 10.0 Å². The lowest BCUT2D eigenvalue weighted by molar-refractivity contribution is 0.0697. The molecule has 0 saturated carbocycles. The monoisotopic (exact) mass is 339 g/mol. The molecule has 1 N–H and O–H groups in total. The number of carboxylic acid groups (broad SMARTS) is 1. The summed E-state index contributed by atoms with van der Waals surface area (Å²) in [6.07, 6.45) is 0. The van der Waals surface area contributed by atoms with Crippen LogP contribution in [0.4, 0.5) is 0 Å². The summed E-state index contributed by atoms with van der Waals surface area (Å²) in [6.45, 7) is 0. The molecular formula is C15H14ClNO4S. The van der Waals surface area contributed by atoms with Gasteiger partial charge in [0.25, 0.3) is 0 Å². The first kappa shape index (κ1) is 16.5. The predicted octanol–water partition coefficient (Wildman–Crippen LogP) is 2.96. The van der Waals surface area contributed by atoms with Crippen LogP contribution in [0.5, 0.6) is 0 Å². The van der Waals surface area contributed by atoms with Crippen molar-refractivity contribution in [1.29, 1.82) is 0 Å². The van der Waals surface area contributed by atoms with Crippen molar-refractivity contribution in [3.63, 3.8) is 0 Å². The van der Waals surface area contributed by atoms with E-state index in [-0.39, 0.29) is 15.5 Å². The van der Waals surface area contributed by atoms with E-state index in [1.807, 2.05) is 0 Å². The fourth-order valence-corrected chi connectivity index (χ4v) is 3.29. The number of aromatic carboxylic acids is 1. The molecule has 0 aromatic heterocycles. The molecule has 0 aliphatic heterocycles. The SMILES string of the molecule is CN(C)S(=O)(=O)c1ccccc1-c1ccc(Cl)c(C(=O)O)c1. The first-order valence-electron chi connectivity index (χ1n) is 6.30. The topological polar surface area (TPSA) is 74.7 Å². The van der Waals surface area contributed by atoms with Crippen LogP contribution in [-0.4, -0.2) is 37.9 Å². The Morgan fingerprint density at radius 3 is 2.36 bits per heavy atom. The molecule has 0 amide bonds. The molecule has 2 rings (SSSR count). The molecule has 0 saturated heterocycles. The Morgan fingerprint density at radius 2 is 1.77 bits per heavy atom. The molecule has 5 nitrogen and oxygen atoms in total. The lowest BCUT2D eigenvalue weighted by atomic mass is 10.0. The van der Waals surface area contributed by atoms with Gasteiger partial charge in [-0.25, -0.2) is 17.5 Å². The number of halogens is 1. The molecule has 0 radical (unpaired) electrons. The fourth-order valence-electron chi connectivity index (χ4n) is 1.98. The average molecular weight is 340 g/mol. The Hall–Kier alpha value is -1.89. The molecule has 0 aliphatic carbocycles. The van der Waals surface area contributed by atoms with Gasteiger partial charge in [0.1, 0.15) is 0 Å². The fraction of sp³-hybridized carbons (Fsp3) is 0.133. The summed E-state index contributed by atoms with van der Waals surface area (Å²) in [7, 11) is -0.764. The summed E-state index contributed by atoms with van der Waals surface area (Å²) in [5.41, 5.74) is 0.828. The van der Waals surface area contributed by atoms with Gasteiger partial charge in [0, 0.05) is 19.7 Å². The van der Waals surface area contributed by atoms with Gasteiger partial charge in [-0.2, -0.15) is 0 Å². The van der Waals surface area contributed by atoms with Gasteiger partial charge >= 0.3 is 5.97 Å². The largest absolute Gasteiger partial charge is 0.478 e. The maximum absolute atomic E-state index is 12.4. The quantitative estimate of drug-likeness (QED) is 0.929. The summed E-state index contributed by atoms with van der Waals surface area (Å²) in [4.78, 5) is 11.3. The molecule has 0 aliphatic rings. The van der Waals surface area contributed by atoms with Gasteiger partial charge in [-0.15, -0.1) is 0 Å². The molecule has 116 valence electrons. The van der Waals surface area contributed by atoms with E-state index in [1.54, 1.807) is 24.3 Å². The van der Waals surface area contributed by atoms with Crippen molar-refractivity contribution in [1.82, 2.24) is 4.31 Å². The molecule has 0 heterocycles. The molecule has 0 spiro atoms. The van der Waals surface area contributed by atoms with Crippen molar-refractivity contribution in [2.75, 3.05) is 14.1 Å². The predicted molar refractivity (Wildman–Crippen MR) is 84.7 cm³/mol. The number of benzene rings is 2. The van der Waals surface area contributed by atoms with E-state index in [0.717, 1.165) is 4.31 Å². The zero-order valence-corrected chi connectivity index (χ0v) is 13.5. The van der Waals surface area contributed by atoms with Crippen LogP contribution in [0.15, 0.2) is 47.4 Å². The third-order valence-electron chi connectivity index (χ3n) is 3.15. The zero-order chi connectivity index (χ0) is 16.5. The summed E-state index contributed by atoms with van der Waals surface area (Å²) >= 11 is 5.85. The van der Waals surface area contributed by atoms with E-state index in [1.165, 1.54) is 32.3 Å². The van der Waals surface area contributed by atoms with Crippen molar-refractivity contribution in [2.24, 2.45) is 0 Å². The van der Waals surface area contributed by atoms with Crippen LogP contribution in [-0.2, 0) is 10.0 Å². The van der Waals surface area contributed by atoms with E-state index < -0.39 is 16.0 Å². The van der Waals surface area contributed by atoms with Crippen LogP contribution in [0.3, 0.4) is 0 Å². The number of carboxylic acids is 1. The Morgan fingerprint density at radius 1 is 1.14 bits per heavy atom. The summed E-state index contributed by atoms with van der Waals surface area (Å²) in [5, 5.41) is 9.24. The van der Waals surface area contributed by atoms with Crippen LogP contribution >= 0.6 is 11.6 Å². The van der Waals surface area contributed by atoms with Crippen LogP contribution in [0.1, 0.15) is 10.4 Å². The highest BCUT2D eigenvalue weighted by Crippen LogP contribution is 2.31. The van der Waals surface area contributed by atoms with Crippen molar-refractivity contribution in [2.45, 2.75) is 4.90 Å². The third kappa shape index (κ3) is 2.99. The highest BCUT2D eigenvalue weighted by atomic mass is 35.5. The first-order chi connectivity index (χ1) is 10.2. The van der Waals surface area contributed by atoms with E-state index in [2.05, 4.69) is 0 Å². The number of carbonyl (C=O) groups is 1. The number of rotatable bonds is 4. The zero-order valence-electron chi connectivity index (χ0n) is 11.9. The van der Waals surface area contributed by atoms with Crippen LogP contribution in [0.25, 0.3) is 11.1 Å². The second-order valence-corrected chi connectivity index (χ2v) is 7.31. The number of nitrogens with zero attached hydrogens (tertiary/aromatic N) is 1. The third-order valence-corrected chi connectivity index (χ3v) is 5.36. The maximum Gasteiger partial charge on any atom is 0.337 e. The molecule has 22 heavy (non-hydrogen) atoms. The average Bonchev–Trinajstić information content (AvgIpc) is 2.47. The van der Waals surface area contributed by atoms with Crippen LogP contribution in [0.2, 0.25) is 5.02 Å². The van der Waals surface area contributed by atoms with E-state index in [4.69, 9.17) is 16.7 Å². The molecule has 0 bridgehead atoms. The van der Waals surface area contributed by atoms with Gasteiger partial charge < -0.3 is 5.11 Å². The lowest BCUT2D eigenvalue weighted by Crippen LogP contribution is -2.22. The normalized spacial score (nSPS) is 11.6. The highest BCUT2D eigenvalue weighted by molar-refractivity contribution is 7.89. The smallest absolute Gasteiger partial charge is 0.337 e. The first-order valence-corrected chi connectivity index (χ1v) is 8.11. The maximum atomic E-state index is 12.4.